The lowest BCUT2D eigenvalue weighted by molar-refractivity contribution is -0.384. The minimum atomic E-state index is -0.466. The number of nitrogens with zero attached hydrogens (tertiary/aromatic N) is 3. The number of amidine groups is 1. The van der Waals surface area contributed by atoms with Crippen LogP contribution in [0.2, 0.25) is 0 Å². The highest BCUT2D eigenvalue weighted by molar-refractivity contribution is 6.02. The Hall–Kier alpha value is -2.57. The predicted molar refractivity (Wildman–Crippen MR) is 91.0 cm³/mol. The van der Waals surface area contributed by atoms with Crippen molar-refractivity contribution in [1.29, 1.82) is 0 Å². The van der Waals surface area contributed by atoms with Crippen molar-refractivity contribution in [3.63, 3.8) is 0 Å². The van der Waals surface area contributed by atoms with Crippen molar-refractivity contribution in [3.8, 4) is 0 Å². The molecule has 0 saturated heterocycles. The summed E-state index contributed by atoms with van der Waals surface area (Å²) in [7, 11) is 0. The minimum Gasteiger partial charge on any atom is -0.575 e. The van der Waals surface area contributed by atoms with E-state index in [1.54, 1.807) is 0 Å². The van der Waals surface area contributed by atoms with Crippen LogP contribution in [0.5, 0.6) is 0 Å². The molecule has 2 rings (SSSR count). The van der Waals surface area contributed by atoms with E-state index in [1.807, 2.05) is 37.3 Å². The number of rotatable bonds is 6. The van der Waals surface area contributed by atoms with Gasteiger partial charge in [-0.3, -0.25) is 10.1 Å². The van der Waals surface area contributed by atoms with Crippen LogP contribution in [0.4, 0.5) is 11.4 Å². The predicted octanol–water partition coefficient (Wildman–Crippen LogP) is 4.11. The average molecular weight is 312 g/mol. The molecule has 0 N–H and O–H groups in total. The average Bonchev–Trinajstić information content (AvgIpc) is 2.58. The maximum atomic E-state index is 12.4. The second-order valence-corrected chi connectivity index (χ2v) is 5.03. The Morgan fingerprint density at radius 3 is 2.26 bits per heavy atom. The molecule has 0 spiro atoms. The fourth-order valence-corrected chi connectivity index (χ4v) is 2.03. The van der Waals surface area contributed by atoms with Gasteiger partial charge in [0.25, 0.3) is 11.5 Å². The standard InChI is InChI=1S/C17H18N3O3/c1-2-3-13-19(21)17(14-7-5-4-6-8-14)18-15-9-11-16(12-10-15)20(22)23/h4-12H,2-3,13H2,1H3. The Bertz CT molecular complexity index is 669. The van der Waals surface area contributed by atoms with Crippen LogP contribution < -0.4 is 5.06 Å². The number of hydroxylamine groups is 2. The van der Waals surface area contributed by atoms with Crippen molar-refractivity contribution < 1.29 is 4.92 Å². The highest BCUT2D eigenvalue weighted by Gasteiger charge is 2.17. The summed E-state index contributed by atoms with van der Waals surface area (Å²) in [5.74, 6) is 0.313. The third kappa shape index (κ3) is 4.70. The van der Waals surface area contributed by atoms with Crippen LogP contribution >= 0.6 is 0 Å². The Balaban J connectivity index is 2.34. The molecule has 2 aromatic carbocycles. The zero-order chi connectivity index (χ0) is 16.7. The van der Waals surface area contributed by atoms with Crippen molar-refractivity contribution in [2.24, 2.45) is 4.99 Å². The van der Waals surface area contributed by atoms with E-state index >= 15 is 0 Å². The maximum absolute atomic E-state index is 12.4. The summed E-state index contributed by atoms with van der Waals surface area (Å²) in [6.07, 6.45) is 1.69. The summed E-state index contributed by atoms with van der Waals surface area (Å²) in [6.45, 7) is 2.38. The summed E-state index contributed by atoms with van der Waals surface area (Å²) in [6, 6.07) is 15.0. The molecule has 0 aliphatic rings. The highest BCUT2D eigenvalue weighted by atomic mass is 16.6. The number of unbranched alkanes of at least 4 members (excludes halogenated alkanes) is 1. The molecular formula is C17H18N3O3. The van der Waals surface area contributed by atoms with Crippen LogP contribution in [0.3, 0.4) is 0 Å². The molecule has 0 saturated carbocycles. The maximum Gasteiger partial charge on any atom is 0.285 e. The van der Waals surface area contributed by atoms with Crippen molar-refractivity contribution in [2.45, 2.75) is 19.8 Å². The minimum absolute atomic E-state index is 0.00447. The molecule has 0 aliphatic heterocycles. The Morgan fingerprint density at radius 2 is 1.70 bits per heavy atom. The monoisotopic (exact) mass is 312 g/mol. The lowest BCUT2D eigenvalue weighted by Gasteiger charge is -2.15. The van der Waals surface area contributed by atoms with E-state index < -0.39 is 4.92 Å². The first-order valence-corrected chi connectivity index (χ1v) is 7.45. The van der Waals surface area contributed by atoms with E-state index in [4.69, 9.17) is 0 Å². The van der Waals surface area contributed by atoms with Gasteiger partial charge in [-0.05, 0) is 24.3 Å². The van der Waals surface area contributed by atoms with Gasteiger partial charge in [0, 0.05) is 18.6 Å². The molecule has 0 aliphatic carbocycles. The summed E-state index contributed by atoms with van der Waals surface area (Å²) in [4.78, 5) is 14.6. The lowest BCUT2D eigenvalue weighted by Crippen LogP contribution is -2.32. The Labute approximate surface area is 134 Å². The molecule has 119 valence electrons. The molecule has 0 heterocycles. The number of non-ortho nitro benzene ring substituents is 1. The van der Waals surface area contributed by atoms with Crippen LogP contribution in [0.1, 0.15) is 25.3 Å². The topological polar surface area (TPSA) is 84.5 Å². The summed E-state index contributed by atoms with van der Waals surface area (Å²) in [5, 5.41) is 23.9. The highest BCUT2D eigenvalue weighted by Crippen LogP contribution is 2.19. The molecule has 2 aromatic rings. The molecule has 0 amide bonds. The number of nitro groups is 1. The number of aliphatic imine (C=N–C) groups is 1. The molecule has 0 aromatic heterocycles. The van der Waals surface area contributed by atoms with E-state index in [1.165, 1.54) is 24.3 Å². The SMILES string of the molecule is CCCC[N+]([O-])C(=Nc1ccc([N+](=O)[O-])cc1)c1ccccc1. The van der Waals surface area contributed by atoms with Crippen molar-refractivity contribution >= 4 is 17.2 Å². The van der Waals surface area contributed by atoms with Gasteiger partial charge in [0.2, 0.25) is 0 Å². The zero-order valence-electron chi connectivity index (χ0n) is 12.9. The lowest BCUT2D eigenvalue weighted by atomic mass is 10.2. The van der Waals surface area contributed by atoms with Crippen molar-refractivity contribution in [1.82, 2.24) is 5.06 Å². The molecule has 1 radical (unpaired) electrons. The van der Waals surface area contributed by atoms with Crippen molar-refractivity contribution in [2.75, 3.05) is 6.54 Å². The third-order valence-electron chi connectivity index (χ3n) is 3.28. The van der Waals surface area contributed by atoms with Gasteiger partial charge in [0.1, 0.15) is 6.54 Å². The van der Waals surface area contributed by atoms with Crippen molar-refractivity contribution in [3.05, 3.63) is 75.5 Å². The second-order valence-electron chi connectivity index (χ2n) is 5.03. The molecule has 6 nitrogen and oxygen atoms in total. The van der Waals surface area contributed by atoms with Crippen LogP contribution in [0.25, 0.3) is 0 Å². The first-order chi connectivity index (χ1) is 11.1. The van der Waals surface area contributed by atoms with Gasteiger partial charge in [-0.15, -0.1) is 5.06 Å². The van der Waals surface area contributed by atoms with E-state index in [2.05, 4.69) is 4.99 Å². The van der Waals surface area contributed by atoms with Gasteiger partial charge in [-0.2, -0.15) is 4.99 Å². The molecule has 6 heteroatoms. The van der Waals surface area contributed by atoms with Gasteiger partial charge >= 0.3 is 0 Å². The smallest absolute Gasteiger partial charge is 0.285 e. The van der Waals surface area contributed by atoms with Crippen LogP contribution in [0, 0.1) is 15.3 Å². The first-order valence-electron chi connectivity index (χ1n) is 7.45. The summed E-state index contributed by atoms with van der Waals surface area (Å²) >= 11 is 0. The fraction of sp³-hybridized carbons (Fsp3) is 0.235. The Kier molecular flexibility index (Phi) is 5.96. The van der Waals surface area contributed by atoms with Gasteiger partial charge in [-0.25, -0.2) is 0 Å². The zero-order valence-corrected chi connectivity index (χ0v) is 12.9. The van der Waals surface area contributed by atoms with Crippen LogP contribution in [-0.2, 0) is 0 Å². The number of nitro benzene ring substituents is 1. The largest absolute Gasteiger partial charge is 0.575 e. The Morgan fingerprint density at radius 1 is 1.04 bits per heavy atom. The van der Waals surface area contributed by atoms with E-state index in [9.17, 15) is 15.3 Å². The number of hydrogen-bond acceptors (Lipinski definition) is 4. The molecule has 0 fully saturated rings. The normalized spacial score (nSPS) is 11.7. The first kappa shape index (κ1) is 16.8. The second kappa shape index (κ2) is 8.17. The van der Waals surface area contributed by atoms with E-state index in [0.29, 0.717) is 18.1 Å². The van der Waals surface area contributed by atoms with E-state index in [0.717, 1.165) is 23.5 Å². The fourth-order valence-electron chi connectivity index (χ4n) is 2.03. The molecule has 0 bridgehead atoms. The van der Waals surface area contributed by atoms with Crippen LogP contribution in [-0.4, -0.2) is 17.3 Å². The summed E-state index contributed by atoms with van der Waals surface area (Å²) < 4.78 is 0. The number of benzene rings is 2. The quantitative estimate of drug-likeness (QED) is 0.264. The van der Waals surface area contributed by atoms with E-state index in [-0.39, 0.29) is 5.69 Å². The molecule has 23 heavy (non-hydrogen) atoms. The summed E-state index contributed by atoms with van der Waals surface area (Å²) in [5.41, 5.74) is 1.22. The third-order valence-corrected chi connectivity index (χ3v) is 3.28. The van der Waals surface area contributed by atoms with Gasteiger partial charge < -0.3 is 5.21 Å². The molecular weight excluding hydrogens is 294 g/mol. The molecule has 0 unspecified atom stereocenters. The van der Waals surface area contributed by atoms with Gasteiger partial charge in [0.15, 0.2) is 0 Å². The van der Waals surface area contributed by atoms with Gasteiger partial charge in [0.05, 0.1) is 16.2 Å². The van der Waals surface area contributed by atoms with Crippen LogP contribution in [0.15, 0.2) is 59.6 Å². The van der Waals surface area contributed by atoms with Gasteiger partial charge in [-0.1, -0.05) is 31.5 Å². The molecule has 0 atom stereocenters. The number of hydrogen-bond donors (Lipinski definition) is 0.